The van der Waals surface area contributed by atoms with E-state index >= 15 is 0 Å². The van der Waals surface area contributed by atoms with Crippen LogP contribution < -0.4 is 10.1 Å². The van der Waals surface area contributed by atoms with E-state index in [0.717, 1.165) is 49.1 Å². The number of halogens is 3. The number of hydrogen-bond donors (Lipinski definition) is 2. The monoisotopic (exact) mass is 518 g/mol. The van der Waals surface area contributed by atoms with Gasteiger partial charge in [-0.15, -0.1) is 0 Å². The van der Waals surface area contributed by atoms with Crippen molar-refractivity contribution in [3.8, 4) is 5.75 Å². The van der Waals surface area contributed by atoms with Gasteiger partial charge in [0.2, 0.25) is 5.91 Å². The van der Waals surface area contributed by atoms with E-state index in [0.29, 0.717) is 31.8 Å². The molecule has 2 aromatic carbocycles. The number of carbonyl (C=O) groups excluding carboxylic acids is 2. The van der Waals surface area contributed by atoms with Crippen LogP contribution in [0.3, 0.4) is 0 Å². The van der Waals surface area contributed by atoms with Gasteiger partial charge in [-0.2, -0.15) is 13.2 Å². The number of aliphatic hydroxyl groups is 1. The molecule has 9 heteroatoms. The number of aliphatic hydroxyl groups excluding tert-OH is 1. The zero-order valence-electron chi connectivity index (χ0n) is 20.9. The Morgan fingerprint density at radius 2 is 1.65 bits per heavy atom. The average molecular weight is 519 g/mol. The minimum absolute atomic E-state index is 0.00178. The van der Waals surface area contributed by atoms with Gasteiger partial charge in [0.1, 0.15) is 5.75 Å². The molecule has 0 radical (unpaired) electrons. The number of piperidine rings is 1. The molecule has 0 atom stereocenters. The summed E-state index contributed by atoms with van der Waals surface area (Å²) in [5, 5.41) is 12.3. The summed E-state index contributed by atoms with van der Waals surface area (Å²) >= 11 is 0. The molecule has 1 saturated heterocycles. The molecule has 1 heterocycles. The van der Waals surface area contributed by atoms with Crippen LogP contribution in [0.25, 0.3) is 0 Å². The van der Waals surface area contributed by atoms with Gasteiger partial charge in [-0.05, 0) is 86.3 Å². The molecule has 37 heavy (non-hydrogen) atoms. The first-order valence-corrected chi connectivity index (χ1v) is 12.7. The zero-order valence-corrected chi connectivity index (χ0v) is 20.9. The number of alkyl halides is 3. The van der Waals surface area contributed by atoms with Crippen LogP contribution in [0, 0.1) is 11.8 Å². The predicted molar refractivity (Wildman–Crippen MR) is 133 cm³/mol. The Morgan fingerprint density at radius 1 is 1.00 bits per heavy atom. The molecule has 1 aliphatic heterocycles. The maximum absolute atomic E-state index is 13.2. The number of nitrogens with one attached hydrogen (secondary N) is 1. The second kappa shape index (κ2) is 11.5. The zero-order chi connectivity index (χ0) is 26.6. The highest BCUT2D eigenvalue weighted by Crippen LogP contribution is 2.34. The number of carbonyl (C=O) groups is 2. The summed E-state index contributed by atoms with van der Waals surface area (Å²) < 4.78 is 44.7. The van der Waals surface area contributed by atoms with Gasteiger partial charge in [0.25, 0.3) is 5.91 Å². The quantitative estimate of drug-likeness (QED) is 0.532. The molecule has 1 aliphatic carbocycles. The van der Waals surface area contributed by atoms with E-state index in [9.17, 15) is 27.9 Å². The fourth-order valence-electron chi connectivity index (χ4n) is 5.29. The highest BCUT2D eigenvalue weighted by molar-refractivity contribution is 5.95. The molecule has 2 aliphatic rings. The molecular formula is C28H33F3N2O4. The van der Waals surface area contributed by atoms with Crippen LogP contribution in [0.5, 0.6) is 5.75 Å². The van der Waals surface area contributed by atoms with Crippen molar-refractivity contribution in [3.05, 3.63) is 59.2 Å². The summed E-state index contributed by atoms with van der Waals surface area (Å²) in [4.78, 5) is 27.1. The Hall–Kier alpha value is -3.07. The minimum atomic E-state index is -4.57. The first-order chi connectivity index (χ1) is 17.7. The van der Waals surface area contributed by atoms with Crippen molar-refractivity contribution in [1.29, 1.82) is 0 Å². The van der Waals surface area contributed by atoms with E-state index in [1.807, 2.05) is 24.3 Å². The number of hydrogen-bond acceptors (Lipinski definition) is 4. The van der Waals surface area contributed by atoms with Crippen LogP contribution in [-0.4, -0.2) is 48.6 Å². The Bertz CT molecular complexity index is 1090. The van der Waals surface area contributed by atoms with Crippen molar-refractivity contribution in [2.24, 2.45) is 11.8 Å². The third-order valence-electron chi connectivity index (χ3n) is 7.62. The topological polar surface area (TPSA) is 78.9 Å². The first kappa shape index (κ1) is 27.0. The van der Waals surface area contributed by atoms with E-state index in [4.69, 9.17) is 4.74 Å². The van der Waals surface area contributed by atoms with Crippen LogP contribution in [0.4, 0.5) is 18.9 Å². The molecule has 2 amide bonds. The van der Waals surface area contributed by atoms with E-state index in [1.54, 1.807) is 4.90 Å². The van der Waals surface area contributed by atoms with Crippen molar-refractivity contribution < 1.29 is 32.6 Å². The second-order valence-electron chi connectivity index (χ2n) is 10.0. The highest BCUT2D eigenvalue weighted by atomic mass is 19.4. The maximum Gasteiger partial charge on any atom is 0.416 e. The third kappa shape index (κ3) is 6.63. The van der Waals surface area contributed by atoms with Crippen molar-refractivity contribution in [1.82, 2.24) is 4.90 Å². The summed E-state index contributed by atoms with van der Waals surface area (Å²) in [5.41, 5.74) is 0.906. The van der Waals surface area contributed by atoms with Gasteiger partial charge in [0.05, 0.1) is 12.7 Å². The summed E-state index contributed by atoms with van der Waals surface area (Å²) in [5.74, 6) is 0.0758. The Kier molecular flexibility index (Phi) is 8.42. The number of benzene rings is 2. The second-order valence-corrected chi connectivity index (χ2v) is 10.0. The molecule has 4 rings (SSSR count). The van der Waals surface area contributed by atoms with Gasteiger partial charge < -0.3 is 20.1 Å². The van der Waals surface area contributed by atoms with Crippen LogP contribution in [0.15, 0.2) is 42.5 Å². The Balaban J connectivity index is 1.32. The minimum Gasteiger partial charge on any atom is -0.497 e. The van der Waals surface area contributed by atoms with Gasteiger partial charge in [0.15, 0.2) is 0 Å². The fraction of sp³-hybridized carbons (Fsp3) is 0.500. The normalized spacial score (nSPS) is 20.9. The van der Waals surface area contributed by atoms with Crippen LogP contribution >= 0.6 is 0 Å². The van der Waals surface area contributed by atoms with Crippen molar-refractivity contribution in [2.75, 3.05) is 32.1 Å². The lowest BCUT2D eigenvalue weighted by Gasteiger charge is -2.32. The number of rotatable bonds is 6. The van der Waals surface area contributed by atoms with Crippen molar-refractivity contribution in [3.63, 3.8) is 0 Å². The van der Waals surface area contributed by atoms with Crippen LogP contribution in [-0.2, 0) is 11.0 Å². The predicted octanol–water partition coefficient (Wildman–Crippen LogP) is 5.47. The molecule has 2 N–H and O–H groups in total. The first-order valence-electron chi connectivity index (χ1n) is 12.7. The average Bonchev–Trinajstić information content (AvgIpc) is 2.92. The number of likely N-dealkylation sites (tertiary alicyclic amines) is 1. The molecule has 0 unspecified atom stereocenters. The summed E-state index contributed by atoms with van der Waals surface area (Å²) in [6.07, 6.45) is 0.149. The van der Waals surface area contributed by atoms with E-state index < -0.39 is 17.6 Å². The summed E-state index contributed by atoms with van der Waals surface area (Å²) in [6.45, 7) is 1.07. The number of ether oxygens (including phenoxy) is 1. The lowest BCUT2D eigenvalue weighted by Crippen LogP contribution is -2.38. The van der Waals surface area contributed by atoms with E-state index in [2.05, 4.69) is 5.32 Å². The third-order valence-corrected chi connectivity index (χ3v) is 7.62. The molecule has 200 valence electrons. The summed E-state index contributed by atoms with van der Waals surface area (Å²) in [7, 11) is 1.27. The Morgan fingerprint density at radius 3 is 2.22 bits per heavy atom. The van der Waals surface area contributed by atoms with E-state index in [-0.39, 0.29) is 35.7 Å². The fourth-order valence-corrected chi connectivity index (χ4v) is 5.29. The van der Waals surface area contributed by atoms with Gasteiger partial charge in [-0.1, -0.05) is 12.1 Å². The smallest absolute Gasteiger partial charge is 0.416 e. The highest BCUT2D eigenvalue weighted by Gasteiger charge is 2.33. The molecular weight excluding hydrogens is 485 g/mol. The van der Waals surface area contributed by atoms with Gasteiger partial charge in [0, 0.05) is 36.9 Å². The van der Waals surface area contributed by atoms with Gasteiger partial charge in [-0.25, -0.2) is 0 Å². The molecule has 0 bridgehead atoms. The number of methoxy groups -OCH3 is 1. The lowest BCUT2D eigenvalue weighted by atomic mass is 9.82. The number of anilines is 1. The largest absolute Gasteiger partial charge is 0.497 e. The molecule has 0 aromatic heterocycles. The van der Waals surface area contributed by atoms with Crippen molar-refractivity contribution >= 4 is 17.5 Å². The van der Waals surface area contributed by atoms with Crippen molar-refractivity contribution in [2.45, 2.75) is 50.6 Å². The molecule has 1 saturated carbocycles. The lowest BCUT2D eigenvalue weighted by molar-refractivity contribution is -0.137. The standard InChI is InChI=1S/C28H33F3N2O4/c1-37-25-15-22(14-23(16-25)28(29,30)31)27(36)33-12-10-20(11-13-33)19-6-8-24(9-7-19)32-26(35)21-4-2-18(17-34)3-5-21/h6-9,14-16,18,20-21,34H,2-5,10-13,17H2,1H3,(H,32,35). The van der Waals surface area contributed by atoms with Gasteiger partial charge >= 0.3 is 6.18 Å². The Labute approximate surface area is 214 Å². The van der Waals surface area contributed by atoms with E-state index in [1.165, 1.54) is 13.2 Å². The number of amides is 2. The van der Waals surface area contributed by atoms with Crippen LogP contribution in [0.1, 0.15) is 65.9 Å². The van der Waals surface area contributed by atoms with Crippen LogP contribution in [0.2, 0.25) is 0 Å². The molecule has 0 spiro atoms. The summed E-state index contributed by atoms with van der Waals surface area (Å²) in [6, 6.07) is 10.8. The molecule has 2 fully saturated rings. The number of nitrogens with zero attached hydrogens (tertiary/aromatic N) is 1. The molecule has 2 aromatic rings. The SMILES string of the molecule is COc1cc(C(=O)N2CCC(c3ccc(NC(=O)C4CCC(CO)CC4)cc3)CC2)cc(C(F)(F)F)c1. The molecule has 6 nitrogen and oxygen atoms in total. The van der Waals surface area contributed by atoms with Gasteiger partial charge in [-0.3, -0.25) is 9.59 Å². The maximum atomic E-state index is 13.2.